The van der Waals surface area contributed by atoms with Crippen molar-refractivity contribution in [2.45, 2.75) is 38.8 Å². The molecule has 1 N–H and O–H groups in total. The maximum atomic E-state index is 12.2. The molecule has 0 saturated carbocycles. The zero-order chi connectivity index (χ0) is 16.3. The summed E-state index contributed by atoms with van der Waals surface area (Å²) in [6.45, 7) is 7.18. The molecule has 0 aliphatic carbocycles. The van der Waals surface area contributed by atoms with Gasteiger partial charge in [-0.1, -0.05) is 28.1 Å². The molecule has 1 aliphatic rings. The van der Waals surface area contributed by atoms with Gasteiger partial charge >= 0.3 is 6.09 Å². The smallest absolute Gasteiger partial charge is 0.410 e. The number of amides is 1. The Hall–Kier alpha value is -1.07. The number of ether oxygens (including phenoxy) is 1. The molecule has 122 valence electrons. The highest BCUT2D eigenvalue weighted by Crippen LogP contribution is 2.31. The number of rotatable bonds is 3. The van der Waals surface area contributed by atoms with Crippen LogP contribution in [0.15, 0.2) is 28.7 Å². The van der Waals surface area contributed by atoms with Crippen molar-refractivity contribution in [2.24, 2.45) is 5.92 Å². The topological polar surface area (TPSA) is 41.6 Å². The molecule has 2 unspecified atom stereocenters. The Kier molecular flexibility index (Phi) is 5.50. The van der Waals surface area contributed by atoms with Crippen LogP contribution in [-0.2, 0) is 4.74 Å². The standard InChI is InChI=1S/C17H25BrN2O2/c1-17(2,3)22-16(21)20-9-8-13(11-20)15(19-4)12-6-5-7-14(18)10-12/h5-7,10,13,15,19H,8-9,11H2,1-4H3. The van der Waals surface area contributed by atoms with Gasteiger partial charge in [0.15, 0.2) is 0 Å². The van der Waals surface area contributed by atoms with E-state index >= 15 is 0 Å². The highest BCUT2D eigenvalue weighted by Gasteiger charge is 2.34. The zero-order valence-electron chi connectivity index (χ0n) is 13.7. The predicted octanol–water partition coefficient (Wildman–Crippen LogP) is 3.97. The van der Waals surface area contributed by atoms with E-state index in [1.54, 1.807) is 0 Å². The highest BCUT2D eigenvalue weighted by molar-refractivity contribution is 9.10. The van der Waals surface area contributed by atoms with Crippen LogP contribution < -0.4 is 5.32 Å². The Morgan fingerprint density at radius 3 is 2.77 bits per heavy atom. The van der Waals surface area contributed by atoms with Crippen LogP contribution in [0.2, 0.25) is 0 Å². The van der Waals surface area contributed by atoms with Gasteiger partial charge in [-0.15, -0.1) is 0 Å². The monoisotopic (exact) mass is 368 g/mol. The Bertz CT molecular complexity index is 528. The van der Waals surface area contributed by atoms with Gasteiger partial charge in [-0.2, -0.15) is 0 Å². The fourth-order valence-corrected chi connectivity index (χ4v) is 3.34. The lowest BCUT2D eigenvalue weighted by Crippen LogP contribution is -2.36. The minimum atomic E-state index is -0.443. The van der Waals surface area contributed by atoms with Crippen LogP contribution in [0.1, 0.15) is 38.8 Å². The van der Waals surface area contributed by atoms with Gasteiger partial charge in [0.2, 0.25) is 0 Å². The van der Waals surface area contributed by atoms with Gasteiger partial charge in [-0.05, 0) is 57.9 Å². The fraction of sp³-hybridized carbons (Fsp3) is 0.588. The molecule has 0 bridgehead atoms. The summed E-state index contributed by atoms with van der Waals surface area (Å²) >= 11 is 3.52. The molecule has 0 radical (unpaired) electrons. The molecule has 1 aromatic rings. The summed E-state index contributed by atoms with van der Waals surface area (Å²) in [7, 11) is 1.97. The second-order valence-electron chi connectivity index (χ2n) is 6.80. The molecule has 1 heterocycles. The van der Waals surface area contributed by atoms with Crippen molar-refractivity contribution < 1.29 is 9.53 Å². The van der Waals surface area contributed by atoms with Crippen LogP contribution in [0, 0.1) is 5.92 Å². The van der Waals surface area contributed by atoms with Crippen LogP contribution >= 0.6 is 15.9 Å². The second kappa shape index (κ2) is 7.01. The lowest BCUT2D eigenvalue weighted by molar-refractivity contribution is 0.0285. The molecule has 0 spiro atoms. The lowest BCUT2D eigenvalue weighted by atomic mass is 9.92. The molecular formula is C17H25BrN2O2. The molecule has 1 saturated heterocycles. The van der Waals surface area contributed by atoms with E-state index in [0.717, 1.165) is 24.0 Å². The average molecular weight is 369 g/mol. The van der Waals surface area contributed by atoms with E-state index in [0.29, 0.717) is 5.92 Å². The molecule has 4 nitrogen and oxygen atoms in total. The minimum absolute atomic E-state index is 0.209. The van der Waals surface area contributed by atoms with E-state index in [-0.39, 0.29) is 12.1 Å². The Morgan fingerprint density at radius 2 is 2.18 bits per heavy atom. The van der Waals surface area contributed by atoms with Gasteiger partial charge in [0.05, 0.1) is 0 Å². The van der Waals surface area contributed by atoms with Crippen molar-refractivity contribution in [3.05, 3.63) is 34.3 Å². The Balaban J connectivity index is 2.03. The summed E-state index contributed by atoms with van der Waals surface area (Å²) in [5.74, 6) is 0.395. The minimum Gasteiger partial charge on any atom is -0.444 e. The number of hydrogen-bond acceptors (Lipinski definition) is 3. The summed E-state index contributed by atoms with van der Waals surface area (Å²) in [6.07, 6.45) is 0.774. The summed E-state index contributed by atoms with van der Waals surface area (Å²) < 4.78 is 6.54. The first-order valence-electron chi connectivity index (χ1n) is 7.71. The third-order valence-corrected chi connectivity index (χ3v) is 4.36. The number of carbonyl (C=O) groups excluding carboxylic acids is 1. The number of carbonyl (C=O) groups is 1. The molecule has 2 rings (SSSR count). The number of likely N-dealkylation sites (tertiary alicyclic amines) is 1. The van der Waals surface area contributed by atoms with Crippen molar-refractivity contribution >= 4 is 22.0 Å². The fourth-order valence-electron chi connectivity index (χ4n) is 2.93. The second-order valence-corrected chi connectivity index (χ2v) is 7.71. The number of nitrogens with one attached hydrogen (secondary N) is 1. The maximum Gasteiger partial charge on any atom is 0.410 e. The molecule has 1 aromatic carbocycles. The third-order valence-electron chi connectivity index (χ3n) is 3.87. The van der Waals surface area contributed by atoms with Crippen molar-refractivity contribution in [1.82, 2.24) is 10.2 Å². The summed E-state index contributed by atoms with van der Waals surface area (Å²) in [5.41, 5.74) is 0.801. The number of nitrogens with zero attached hydrogens (tertiary/aromatic N) is 1. The SMILES string of the molecule is CNC(c1cccc(Br)c1)C1CCN(C(=O)OC(C)(C)C)C1. The first kappa shape index (κ1) is 17.3. The van der Waals surface area contributed by atoms with Crippen molar-refractivity contribution in [1.29, 1.82) is 0 Å². The van der Waals surface area contributed by atoms with Gasteiger partial charge in [-0.25, -0.2) is 4.79 Å². The number of halogens is 1. The van der Waals surface area contributed by atoms with Gasteiger partial charge in [0, 0.05) is 23.6 Å². The van der Waals surface area contributed by atoms with Gasteiger partial charge < -0.3 is 15.0 Å². The van der Waals surface area contributed by atoms with E-state index < -0.39 is 5.60 Å². The van der Waals surface area contributed by atoms with Crippen molar-refractivity contribution in [3.63, 3.8) is 0 Å². The largest absolute Gasteiger partial charge is 0.444 e. The quantitative estimate of drug-likeness (QED) is 0.877. The van der Waals surface area contributed by atoms with Gasteiger partial charge in [0.1, 0.15) is 5.60 Å². The molecule has 1 fully saturated rings. The molecule has 22 heavy (non-hydrogen) atoms. The Morgan fingerprint density at radius 1 is 1.45 bits per heavy atom. The molecule has 2 atom stereocenters. The van der Waals surface area contributed by atoms with Crippen molar-refractivity contribution in [3.8, 4) is 0 Å². The van der Waals surface area contributed by atoms with Crippen LogP contribution in [0.5, 0.6) is 0 Å². The summed E-state index contributed by atoms with van der Waals surface area (Å²) in [6, 6.07) is 8.58. The first-order valence-corrected chi connectivity index (χ1v) is 8.50. The van der Waals surface area contributed by atoms with E-state index in [1.807, 2.05) is 44.9 Å². The lowest BCUT2D eigenvalue weighted by Gasteiger charge is -2.26. The van der Waals surface area contributed by atoms with Gasteiger partial charge in [-0.3, -0.25) is 0 Å². The van der Waals surface area contributed by atoms with Crippen molar-refractivity contribution in [2.75, 3.05) is 20.1 Å². The van der Waals surface area contributed by atoms with Crippen LogP contribution in [0.25, 0.3) is 0 Å². The molecule has 5 heteroatoms. The average Bonchev–Trinajstić information content (AvgIpc) is 2.87. The normalized spacial score (nSPS) is 20.0. The molecular weight excluding hydrogens is 344 g/mol. The van der Waals surface area contributed by atoms with Crippen LogP contribution in [-0.4, -0.2) is 36.7 Å². The number of hydrogen-bond donors (Lipinski definition) is 1. The summed E-state index contributed by atoms with van der Waals surface area (Å²) in [5, 5.41) is 3.40. The van der Waals surface area contributed by atoms with E-state index in [9.17, 15) is 4.79 Å². The van der Waals surface area contributed by atoms with Gasteiger partial charge in [0.25, 0.3) is 0 Å². The summed E-state index contributed by atoms with van der Waals surface area (Å²) in [4.78, 5) is 14.0. The molecule has 0 aromatic heterocycles. The highest BCUT2D eigenvalue weighted by atomic mass is 79.9. The Labute approximate surface area is 141 Å². The molecule has 1 amide bonds. The van der Waals surface area contributed by atoms with Crippen LogP contribution in [0.4, 0.5) is 4.79 Å². The molecule has 1 aliphatic heterocycles. The maximum absolute atomic E-state index is 12.2. The van der Waals surface area contributed by atoms with E-state index in [2.05, 4.69) is 33.4 Å². The zero-order valence-corrected chi connectivity index (χ0v) is 15.3. The van der Waals surface area contributed by atoms with E-state index in [1.165, 1.54) is 5.56 Å². The third kappa shape index (κ3) is 4.46. The number of benzene rings is 1. The predicted molar refractivity (Wildman–Crippen MR) is 91.9 cm³/mol. The van der Waals surface area contributed by atoms with Crippen LogP contribution in [0.3, 0.4) is 0 Å². The van der Waals surface area contributed by atoms with E-state index in [4.69, 9.17) is 4.74 Å². The first-order chi connectivity index (χ1) is 10.3.